The van der Waals surface area contributed by atoms with Crippen LogP contribution in [0.15, 0.2) is 0 Å². The summed E-state index contributed by atoms with van der Waals surface area (Å²) in [5, 5.41) is 9.83. The molecule has 0 aromatic heterocycles. The van der Waals surface area contributed by atoms with Gasteiger partial charge in [-0.2, -0.15) is 0 Å². The molecule has 0 aliphatic heterocycles. The Kier molecular flexibility index (Phi) is 51.2. The Morgan fingerprint density at radius 1 is 0.457 bits per heavy atom. The van der Waals surface area contributed by atoms with E-state index in [4.69, 9.17) is 0 Å². The molecule has 0 saturated heterocycles. The fraction of sp³-hybridized carbons (Fsp3) is 0.949. The van der Waals surface area contributed by atoms with Gasteiger partial charge in [-0.3, -0.25) is 11.5 Å². The number of hydrogen-bond acceptors (Lipinski definition) is 3. The molecule has 280 valence electrons. The Morgan fingerprint density at radius 3 is 0.957 bits per heavy atom. The molecule has 0 aliphatic carbocycles. The fourth-order valence-corrected chi connectivity index (χ4v) is 6.10. The largest absolute Gasteiger partial charge is 1.00 e. The summed E-state index contributed by atoms with van der Waals surface area (Å²) in [7, 11) is 0. The molecular formula is C39H82Cl2N2O3. The number of halogens is 2. The quantitative estimate of drug-likeness (QED) is 0.0884. The standard InChI is InChI=1S/C21H43NO2.C18H37NO.2ClH/c1-3-5-6-7-8-9-10-11-12-13-14-15-16-17-18-19(21(22)24)20(23)4-2;1-2-3-4-5-6-7-8-9-10-11-12-13-14-15-16-17-18(19)20;;/h19-20,23H,3-18H2,1-2H3,(H2,22,24);2-17H2,1H3,(H2,19,20);2*1H. The van der Waals surface area contributed by atoms with E-state index in [1.807, 2.05) is 6.92 Å². The third kappa shape index (κ3) is 43.8. The number of carbonyl (C=O) groups excluding carboxylic acids is 2. The van der Waals surface area contributed by atoms with Crippen LogP contribution in [0, 0.1) is 5.92 Å². The van der Waals surface area contributed by atoms with Crippen molar-refractivity contribution in [2.75, 3.05) is 0 Å². The minimum atomic E-state index is -0.503. The van der Waals surface area contributed by atoms with Gasteiger partial charge in [0.05, 0.1) is 18.4 Å². The van der Waals surface area contributed by atoms with Gasteiger partial charge in [-0.25, -0.2) is 9.59 Å². The molecule has 0 spiro atoms. The Balaban J connectivity index is -0.000000373. The van der Waals surface area contributed by atoms with Crippen molar-refractivity contribution < 1.29 is 51.0 Å². The fourth-order valence-electron chi connectivity index (χ4n) is 6.10. The van der Waals surface area contributed by atoms with Gasteiger partial charge in [-0.05, 0) is 19.3 Å². The molecule has 0 aliphatic rings. The molecule has 0 saturated carbocycles. The Labute approximate surface area is 300 Å². The molecule has 0 aromatic carbocycles. The minimum absolute atomic E-state index is 0. The second-order valence-electron chi connectivity index (χ2n) is 13.7. The summed E-state index contributed by atoms with van der Waals surface area (Å²) in [5.41, 5.74) is 6.90. The molecule has 0 rings (SSSR count). The highest BCUT2D eigenvalue weighted by molar-refractivity contribution is 5.68. The van der Waals surface area contributed by atoms with E-state index in [0.717, 1.165) is 19.3 Å². The molecule has 2 unspecified atom stereocenters. The SMILES string of the molecule is CCCCCCCCCCCCCCCCC(C([NH3+])=O)C(O)CC.CCCCCCCCCCCCCCCCCC([NH3+])=O.[Cl-].[Cl-]. The Morgan fingerprint density at radius 2 is 0.717 bits per heavy atom. The topological polar surface area (TPSA) is 110 Å². The average molecular weight is 698 g/mol. The maximum atomic E-state index is 11.4. The normalized spacial score (nSPS) is 12.0. The Hall–Kier alpha value is -0.200. The lowest BCUT2D eigenvalue weighted by molar-refractivity contribution is -0.314. The number of aliphatic hydroxyl groups excluding tert-OH is 1. The van der Waals surface area contributed by atoms with Gasteiger partial charge >= 0.3 is 11.8 Å². The highest BCUT2D eigenvalue weighted by atomic mass is 35.5. The van der Waals surface area contributed by atoms with E-state index in [-0.39, 0.29) is 42.5 Å². The van der Waals surface area contributed by atoms with E-state index >= 15 is 0 Å². The van der Waals surface area contributed by atoms with Crippen LogP contribution in [0.3, 0.4) is 0 Å². The zero-order chi connectivity index (χ0) is 32.9. The van der Waals surface area contributed by atoms with Crippen LogP contribution in [0.5, 0.6) is 0 Å². The number of unbranched alkanes of at least 4 members (excludes halogenated alkanes) is 27. The van der Waals surface area contributed by atoms with Crippen LogP contribution in [0.2, 0.25) is 0 Å². The van der Waals surface area contributed by atoms with E-state index < -0.39 is 6.10 Å². The van der Waals surface area contributed by atoms with Crippen molar-refractivity contribution in [2.24, 2.45) is 5.92 Å². The lowest BCUT2D eigenvalue weighted by Crippen LogP contribution is -3.00. The number of carbonyl (C=O) groups is 2. The zero-order valence-electron chi connectivity index (χ0n) is 31.2. The van der Waals surface area contributed by atoms with Gasteiger partial charge in [-0.15, -0.1) is 0 Å². The van der Waals surface area contributed by atoms with Crippen LogP contribution < -0.4 is 36.3 Å². The van der Waals surface area contributed by atoms with Crippen LogP contribution in [-0.2, 0) is 9.59 Å². The molecule has 0 fully saturated rings. The highest BCUT2D eigenvalue weighted by Gasteiger charge is 2.25. The van der Waals surface area contributed by atoms with Crippen molar-refractivity contribution in [3.63, 3.8) is 0 Å². The summed E-state index contributed by atoms with van der Waals surface area (Å²) in [6.07, 6.45) is 40.9. The van der Waals surface area contributed by atoms with E-state index in [1.165, 1.54) is 173 Å². The maximum Gasteiger partial charge on any atom is 0.314 e. The van der Waals surface area contributed by atoms with Crippen LogP contribution in [0.1, 0.15) is 226 Å². The van der Waals surface area contributed by atoms with Crippen LogP contribution in [0.25, 0.3) is 0 Å². The van der Waals surface area contributed by atoms with Gasteiger partial charge in [0.25, 0.3) is 0 Å². The van der Waals surface area contributed by atoms with Gasteiger partial charge in [0.1, 0.15) is 0 Å². The Bertz CT molecular complexity index is 596. The number of rotatable bonds is 34. The molecule has 7 heteroatoms. The molecule has 46 heavy (non-hydrogen) atoms. The molecule has 0 aromatic rings. The highest BCUT2D eigenvalue weighted by Crippen LogP contribution is 2.18. The average Bonchev–Trinajstić information content (AvgIpc) is 3.00. The van der Waals surface area contributed by atoms with Gasteiger partial charge in [0, 0.05) is 0 Å². The van der Waals surface area contributed by atoms with Crippen LogP contribution in [0.4, 0.5) is 0 Å². The van der Waals surface area contributed by atoms with Crippen molar-refractivity contribution in [3.8, 4) is 0 Å². The van der Waals surface area contributed by atoms with Gasteiger partial charge < -0.3 is 29.9 Å². The summed E-state index contributed by atoms with van der Waals surface area (Å²) < 4.78 is 0. The minimum Gasteiger partial charge on any atom is -1.00 e. The van der Waals surface area contributed by atoms with Gasteiger partial charge in [0.15, 0.2) is 0 Å². The first-order valence-corrected chi connectivity index (χ1v) is 19.8. The van der Waals surface area contributed by atoms with Crippen molar-refractivity contribution in [2.45, 2.75) is 232 Å². The molecule has 2 atom stereocenters. The monoisotopic (exact) mass is 697 g/mol. The summed E-state index contributed by atoms with van der Waals surface area (Å²) in [6.45, 7) is 6.47. The number of quaternary nitrogens is 2. The predicted molar refractivity (Wildman–Crippen MR) is 190 cm³/mol. The van der Waals surface area contributed by atoms with Gasteiger partial charge in [0.2, 0.25) is 0 Å². The second-order valence-corrected chi connectivity index (χ2v) is 13.7. The molecule has 5 nitrogen and oxygen atoms in total. The van der Waals surface area contributed by atoms with Crippen molar-refractivity contribution >= 4 is 11.8 Å². The first kappa shape index (κ1) is 52.6. The number of aliphatic hydroxyl groups is 1. The third-order valence-electron chi connectivity index (χ3n) is 9.22. The molecule has 0 heterocycles. The number of amides is 2. The lowest BCUT2D eigenvalue weighted by Gasteiger charge is -2.16. The van der Waals surface area contributed by atoms with E-state index in [9.17, 15) is 14.7 Å². The lowest BCUT2D eigenvalue weighted by atomic mass is 9.93. The first-order chi connectivity index (χ1) is 21.4. The molecular weight excluding hydrogens is 615 g/mol. The van der Waals surface area contributed by atoms with Crippen LogP contribution in [-0.4, -0.2) is 23.0 Å². The summed E-state index contributed by atoms with van der Waals surface area (Å²) >= 11 is 0. The maximum absolute atomic E-state index is 11.4. The van der Waals surface area contributed by atoms with Crippen molar-refractivity contribution in [1.29, 1.82) is 0 Å². The molecule has 7 N–H and O–H groups in total. The summed E-state index contributed by atoms with van der Waals surface area (Å²) in [6, 6.07) is 0. The van der Waals surface area contributed by atoms with E-state index in [0.29, 0.717) is 12.8 Å². The summed E-state index contributed by atoms with van der Waals surface area (Å²) in [5.74, 6) is -0.244. The van der Waals surface area contributed by atoms with Gasteiger partial charge in [-0.1, -0.05) is 201 Å². The van der Waals surface area contributed by atoms with Crippen molar-refractivity contribution in [3.05, 3.63) is 0 Å². The second kappa shape index (κ2) is 44.8. The number of hydrogen-bond donors (Lipinski definition) is 3. The molecule has 0 bridgehead atoms. The smallest absolute Gasteiger partial charge is 0.314 e. The predicted octanol–water partition coefficient (Wildman–Crippen LogP) is 4.04. The van der Waals surface area contributed by atoms with Crippen LogP contribution >= 0.6 is 0 Å². The van der Waals surface area contributed by atoms with Crippen molar-refractivity contribution in [1.82, 2.24) is 0 Å². The van der Waals surface area contributed by atoms with E-state index in [1.54, 1.807) is 0 Å². The molecule has 2 amide bonds. The third-order valence-corrected chi connectivity index (χ3v) is 9.22. The van der Waals surface area contributed by atoms with E-state index in [2.05, 4.69) is 25.3 Å². The summed E-state index contributed by atoms with van der Waals surface area (Å²) in [4.78, 5) is 22.1. The molecule has 0 radical (unpaired) electrons. The first-order valence-electron chi connectivity index (χ1n) is 19.8. The zero-order valence-corrected chi connectivity index (χ0v) is 32.7.